The van der Waals surface area contributed by atoms with E-state index in [-0.39, 0.29) is 26.5 Å². The van der Waals surface area contributed by atoms with Crippen LogP contribution in [0.15, 0.2) is 144 Å². The molecule has 0 spiro atoms. The van der Waals surface area contributed by atoms with Crippen molar-refractivity contribution in [3.63, 3.8) is 0 Å². The summed E-state index contributed by atoms with van der Waals surface area (Å²) >= 11 is 0. The van der Waals surface area contributed by atoms with Gasteiger partial charge in [-0.1, -0.05) is 122 Å². The SMILES string of the molecule is [2H]C([2H])([2H])[n+]1[c-]n(-c2[c-]c(-n3c4[c-]c5c(cc4oc4ccccc4c4ccccc43)c3ccccc3n5-c3cc(C(C)(C)C)ccn3)ccc2)c2ccccc21.[Pt]. The number of rotatable bonds is 3. The summed E-state index contributed by atoms with van der Waals surface area (Å²) in [6.45, 7) is 4.20. The summed E-state index contributed by atoms with van der Waals surface area (Å²) in [7, 11) is 0. The van der Waals surface area contributed by atoms with Gasteiger partial charge in [-0.05, 0) is 52.2 Å². The van der Waals surface area contributed by atoms with Crippen LogP contribution < -0.4 is 4.57 Å². The molecule has 0 saturated carbocycles. The first kappa shape index (κ1) is 30.5. The zero-order valence-corrected chi connectivity index (χ0v) is 32.0. The largest absolute Gasteiger partial charge is 0.514 e. The summed E-state index contributed by atoms with van der Waals surface area (Å²) < 4.78 is 38.9. The van der Waals surface area contributed by atoms with Crippen molar-refractivity contribution in [1.82, 2.24) is 18.7 Å². The molecular formula is C47H35N5OPt-2. The normalized spacial score (nSPS) is 13.0. The Hall–Kier alpha value is -5.97. The summed E-state index contributed by atoms with van der Waals surface area (Å²) in [6.07, 6.45) is 4.99. The van der Waals surface area contributed by atoms with Gasteiger partial charge < -0.3 is 22.7 Å². The minimum atomic E-state index is -2.42. The second-order valence-corrected chi connectivity index (χ2v) is 14.4. The van der Waals surface area contributed by atoms with Crippen LogP contribution in [-0.4, -0.2) is 18.7 Å². The van der Waals surface area contributed by atoms with Crippen molar-refractivity contribution in [3.05, 3.63) is 164 Å². The van der Waals surface area contributed by atoms with E-state index in [1.165, 1.54) is 10.1 Å². The molecule has 54 heavy (non-hydrogen) atoms. The Morgan fingerprint density at radius 2 is 1.30 bits per heavy atom. The number of benzene rings is 6. The topological polar surface area (TPSA) is 44.7 Å². The monoisotopic (exact) mass is 883 g/mol. The average Bonchev–Trinajstić information content (AvgIpc) is 3.74. The van der Waals surface area contributed by atoms with Gasteiger partial charge in [-0.25, -0.2) is 4.98 Å². The molecule has 0 radical (unpaired) electrons. The van der Waals surface area contributed by atoms with Crippen LogP contribution in [0.1, 0.15) is 30.4 Å². The Morgan fingerprint density at radius 3 is 2.07 bits per heavy atom. The van der Waals surface area contributed by atoms with Gasteiger partial charge in [0.05, 0.1) is 27.6 Å². The Balaban J connectivity index is 0.00000422. The molecule has 0 amide bonds. The maximum absolute atomic E-state index is 8.24. The maximum atomic E-state index is 8.24. The molecule has 0 aliphatic rings. The summed E-state index contributed by atoms with van der Waals surface area (Å²) in [4.78, 5) is 4.92. The van der Waals surface area contributed by atoms with Gasteiger partial charge in [-0.2, -0.15) is 18.2 Å². The Bertz CT molecular complexity index is 3250. The molecule has 10 rings (SSSR count). The van der Waals surface area contributed by atoms with Crippen molar-refractivity contribution in [2.24, 2.45) is 6.98 Å². The van der Waals surface area contributed by atoms with E-state index < -0.39 is 6.98 Å². The molecule has 4 heterocycles. The smallest absolute Gasteiger partial charge is 0.242 e. The summed E-state index contributed by atoms with van der Waals surface area (Å²) in [5.74, 6) is 0.801. The Morgan fingerprint density at radius 1 is 0.630 bits per heavy atom. The van der Waals surface area contributed by atoms with Crippen LogP contribution in [0.2, 0.25) is 0 Å². The van der Waals surface area contributed by atoms with Crippen molar-refractivity contribution in [2.75, 3.05) is 0 Å². The van der Waals surface area contributed by atoms with Gasteiger partial charge in [0.15, 0.2) is 0 Å². The summed E-state index contributed by atoms with van der Waals surface area (Å²) in [5, 5.41) is 3.96. The minimum absolute atomic E-state index is 0. The van der Waals surface area contributed by atoms with Crippen LogP contribution in [0.5, 0.6) is 0 Å². The van der Waals surface area contributed by atoms with Gasteiger partial charge in [0, 0.05) is 49.1 Å². The Labute approximate surface area is 331 Å². The zero-order valence-electron chi connectivity index (χ0n) is 32.7. The molecule has 0 atom stereocenters. The fourth-order valence-electron chi connectivity index (χ4n) is 7.50. The van der Waals surface area contributed by atoms with Crippen LogP contribution in [0.25, 0.3) is 83.0 Å². The quantitative estimate of drug-likeness (QED) is 0.131. The molecule has 0 aliphatic heterocycles. The molecule has 0 saturated heterocycles. The van der Waals surface area contributed by atoms with E-state index in [9.17, 15) is 0 Å². The summed E-state index contributed by atoms with van der Waals surface area (Å²) in [6, 6.07) is 51.9. The molecule has 0 fully saturated rings. The molecule has 4 aromatic heterocycles. The third-order valence-electron chi connectivity index (χ3n) is 10.1. The third-order valence-corrected chi connectivity index (χ3v) is 10.1. The molecule has 0 unspecified atom stereocenters. The number of para-hydroxylation sites is 5. The number of fused-ring (bicyclic) bond motifs is 8. The van der Waals surface area contributed by atoms with E-state index >= 15 is 0 Å². The second kappa shape index (κ2) is 12.9. The molecule has 6 aromatic carbocycles. The predicted octanol–water partition coefficient (Wildman–Crippen LogP) is 10.6. The number of hydrogen-bond acceptors (Lipinski definition) is 2. The van der Waals surface area contributed by atoms with Gasteiger partial charge in [-0.15, -0.1) is 18.2 Å². The fraction of sp³-hybridized carbons (Fsp3) is 0.106. The van der Waals surface area contributed by atoms with E-state index in [4.69, 9.17) is 13.5 Å². The number of aryl methyl sites for hydroxylation is 1. The predicted molar refractivity (Wildman–Crippen MR) is 214 cm³/mol. The molecule has 266 valence electrons. The molecule has 6 nitrogen and oxygen atoms in total. The van der Waals surface area contributed by atoms with Gasteiger partial charge in [0.25, 0.3) is 0 Å². The van der Waals surface area contributed by atoms with E-state index in [0.717, 1.165) is 49.5 Å². The van der Waals surface area contributed by atoms with Crippen LogP contribution in [0, 0.1) is 18.5 Å². The molecule has 7 heteroatoms. The van der Waals surface area contributed by atoms with Crippen LogP contribution in [0.3, 0.4) is 0 Å². The van der Waals surface area contributed by atoms with Crippen LogP contribution in [0.4, 0.5) is 0 Å². The van der Waals surface area contributed by atoms with Crippen molar-refractivity contribution in [2.45, 2.75) is 26.2 Å². The van der Waals surface area contributed by atoms with Gasteiger partial charge in [-0.3, -0.25) is 0 Å². The number of aromatic nitrogens is 5. The molecule has 0 bridgehead atoms. The van der Waals surface area contributed by atoms with E-state index in [2.05, 4.69) is 109 Å². The van der Waals surface area contributed by atoms with E-state index in [0.29, 0.717) is 33.5 Å². The van der Waals surface area contributed by atoms with Gasteiger partial charge in [0.2, 0.25) is 6.33 Å². The van der Waals surface area contributed by atoms with Gasteiger partial charge in [0.1, 0.15) is 11.4 Å². The van der Waals surface area contributed by atoms with Gasteiger partial charge >= 0.3 is 0 Å². The molecule has 0 N–H and O–H groups in total. The fourth-order valence-corrected chi connectivity index (χ4v) is 7.50. The minimum Gasteiger partial charge on any atom is -0.514 e. The molecule has 10 aromatic rings. The zero-order chi connectivity index (χ0) is 38.3. The second-order valence-electron chi connectivity index (χ2n) is 14.4. The first-order valence-electron chi connectivity index (χ1n) is 19.2. The molecular weight excluding hydrogens is 846 g/mol. The van der Waals surface area contributed by atoms with Crippen molar-refractivity contribution < 1.29 is 34.2 Å². The first-order valence-corrected chi connectivity index (χ1v) is 17.7. The Kier molecular flexibility index (Phi) is 7.26. The first-order chi connectivity index (χ1) is 27.0. The third kappa shape index (κ3) is 5.35. The average molecular weight is 884 g/mol. The van der Waals surface area contributed by atoms with Crippen LogP contribution >= 0.6 is 0 Å². The number of pyridine rings is 1. The molecule has 0 aliphatic carbocycles. The van der Waals surface area contributed by atoms with Crippen molar-refractivity contribution >= 4 is 65.8 Å². The van der Waals surface area contributed by atoms with E-state index in [1.54, 1.807) is 10.6 Å². The maximum Gasteiger partial charge on any atom is 0.242 e. The standard InChI is InChI=1S/C47H35N5O.Pt/c1-47(2,3)31-24-25-48-46(26-31)52-39-20-9-6-17-35(39)37-28-45-43(29-42(37)52)51(38-19-8-5-16-34(38)36-18-7-12-23-44(36)53-45)33-15-13-14-32(27-33)50-30-49(4)40-21-10-11-22-41(40)50;/h5-26,28H,1-4H3;/q-2;/i4D3;. The van der Waals surface area contributed by atoms with Crippen LogP contribution in [-0.2, 0) is 33.5 Å². The summed E-state index contributed by atoms with van der Waals surface area (Å²) in [5.41, 5.74) is 8.48. The number of nitrogens with zero attached hydrogens (tertiary/aromatic N) is 5. The van der Waals surface area contributed by atoms with E-state index in [1.807, 2.05) is 72.9 Å². The van der Waals surface area contributed by atoms with Crippen molar-refractivity contribution in [1.29, 1.82) is 0 Å². The number of hydrogen-bond donors (Lipinski definition) is 0. The number of imidazole rings is 1. The van der Waals surface area contributed by atoms with Crippen molar-refractivity contribution in [3.8, 4) is 17.2 Å².